The van der Waals surface area contributed by atoms with E-state index >= 15 is 0 Å². The second-order valence-electron chi connectivity index (χ2n) is 5.16. The summed E-state index contributed by atoms with van der Waals surface area (Å²) in [6, 6.07) is 8.93. The molecular formula is C14H19N3. The van der Waals surface area contributed by atoms with E-state index in [4.69, 9.17) is 5.41 Å². The van der Waals surface area contributed by atoms with Crippen LogP contribution in [0.2, 0.25) is 0 Å². The van der Waals surface area contributed by atoms with Crippen LogP contribution in [0.15, 0.2) is 24.3 Å². The molecule has 1 aromatic rings. The SMILES string of the molecule is CN1CCCC1CN1Cc2ccccc2C1=N. The molecule has 1 saturated heterocycles. The summed E-state index contributed by atoms with van der Waals surface area (Å²) in [4.78, 5) is 4.65. The third-order valence-electron chi connectivity index (χ3n) is 4.05. The summed E-state index contributed by atoms with van der Waals surface area (Å²) in [7, 11) is 2.20. The van der Waals surface area contributed by atoms with Crippen LogP contribution in [0.25, 0.3) is 0 Å². The molecular weight excluding hydrogens is 210 g/mol. The number of likely N-dealkylation sites (N-methyl/N-ethyl adjacent to an activating group) is 1. The van der Waals surface area contributed by atoms with Gasteiger partial charge < -0.3 is 9.80 Å². The Morgan fingerprint density at radius 2 is 2.18 bits per heavy atom. The lowest BCUT2D eigenvalue weighted by atomic mass is 10.1. The lowest BCUT2D eigenvalue weighted by Crippen LogP contribution is -2.38. The number of nitrogens with one attached hydrogen (secondary N) is 1. The fourth-order valence-electron chi connectivity index (χ4n) is 2.96. The summed E-state index contributed by atoms with van der Waals surface area (Å²) in [6.45, 7) is 3.13. The van der Waals surface area contributed by atoms with Gasteiger partial charge in [-0.15, -0.1) is 0 Å². The normalized spacial score (nSPS) is 24.4. The van der Waals surface area contributed by atoms with Crippen LogP contribution in [-0.2, 0) is 6.54 Å². The molecule has 0 radical (unpaired) electrons. The van der Waals surface area contributed by atoms with E-state index in [1.165, 1.54) is 24.9 Å². The van der Waals surface area contributed by atoms with Crippen LogP contribution in [0.4, 0.5) is 0 Å². The van der Waals surface area contributed by atoms with E-state index in [-0.39, 0.29) is 0 Å². The van der Waals surface area contributed by atoms with E-state index in [0.717, 1.165) is 18.7 Å². The predicted molar refractivity (Wildman–Crippen MR) is 69.3 cm³/mol. The van der Waals surface area contributed by atoms with Gasteiger partial charge in [0.1, 0.15) is 5.84 Å². The number of fused-ring (bicyclic) bond motifs is 1. The molecule has 2 aliphatic rings. The molecule has 17 heavy (non-hydrogen) atoms. The van der Waals surface area contributed by atoms with Gasteiger partial charge in [0.05, 0.1) is 0 Å². The minimum Gasteiger partial charge on any atom is -0.351 e. The maximum Gasteiger partial charge on any atom is 0.128 e. The molecule has 3 rings (SSSR count). The molecule has 2 aliphatic heterocycles. The van der Waals surface area contributed by atoms with Crippen LogP contribution >= 0.6 is 0 Å². The molecule has 3 nitrogen and oxygen atoms in total. The van der Waals surface area contributed by atoms with Gasteiger partial charge in [0.25, 0.3) is 0 Å². The van der Waals surface area contributed by atoms with Gasteiger partial charge in [0.15, 0.2) is 0 Å². The largest absolute Gasteiger partial charge is 0.351 e. The van der Waals surface area contributed by atoms with Crippen molar-refractivity contribution in [3.63, 3.8) is 0 Å². The molecule has 0 saturated carbocycles. The van der Waals surface area contributed by atoms with Crippen molar-refractivity contribution < 1.29 is 0 Å². The molecule has 0 bridgehead atoms. The first-order valence-electron chi connectivity index (χ1n) is 6.38. The van der Waals surface area contributed by atoms with Crippen molar-refractivity contribution in [2.24, 2.45) is 0 Å². The van der Waals surface area contributed by atoms with Gasteiger partial charge in [-0.25, -0.2) is 0 Å². The Balaban J connectivity index is 1.74. The Morgan fingerprint density at radius 1 is 1.35 bits per heavy atom. The maximum absolute atomic E-state index is 8.23. The maximum atomic E-state index is 8.23. The molecule has 1 aromatic carbocycles. The van der Waals surface area contributed by atoms with Crippen molar-refractivity contribution >= 4 is 5.84 Å². The molecule has 0 aliphatic carbocycles. The summed E-state index contributed by atoms with van der Waals surface area (Å²) in [5, 5.41) is 8.23. The standard InChI is InChI=1S/C14H19N3/c1-16-8-4-6-12(16)10-17-9-11-5-2-3-7-13(11)14(17)15/h2-3,5,7,12,15H,4,6,8-10H2,1H3. The van der Waals surface area contributed by atoms with Gasteiger partial charge in [-0.3, -0.25) is 5.41 Å². The van der Waals surface area contributed by atoms with Gasteiger partial charge in [-0.2, -0.15) is 0 Å². The Kier molecular flexibility index (Phi) is 2.63. The van der Waals surface area contributed by atoms with Crippen molar-refractivity contribution in [2.75, 3.05) is 20.1 Å². The summed E-state index contributed by atoms with van der Waals surface area (Å²) in [5.41, 5.74) is 2.42. The van der Waals surface area contributed by atoms with E-state index in [1.54, 1.807) is 0 Å². The van der Waals surface area contributed by atoms with Gasteiger partial charge in [0.2, 0.25) is 0 Å². The second-order valence-corrected chi connectivity index (χ2v) is 5.16. The molecule has 0 spiro atoms. The number of amidine groups is 1. The molecule has 90 valence electrons. The number of nitrogens with zero attached hydrogens (tertiary/aromatic N) is 2. The number of benzene rings is 1. The molecule has 1 atom stereocenters. The highest BCUT2D eigenvalue weighted by molar-refractivity contribution is 6.00. The van der Waals surface area contributed by atoms with E-state index in [0.29, 0.717) is 11.9 Å². The third-order valence-corrected chi connectivity index (χ3v) is 4.05. The van der Waals surface area contributed by atoms with Crippen LogP contribution in [0, 0.1) is 5.41 Å². The van der Waals surface area contributed by atoms with Crippen LogP contribution in [0.3, 0.4) is 0 Å². The zero-order valence-electron chi connectivity index (χ0n) is 10.3. The van der Waals surface area contributed by atoms with Crippen LogP contribution < -0.4 is 0 Å². The van der Waals surface area contributed by atoms with Crippen molar-refractivity contribution in [3.05, 3.63) is 35.4 Å². The predicted octanol–water partition coefficient (Wildman–Crippen LogP) is 1.92. The number of hydrogen-bond acceptors (Lipinski definition) is 2. The first kappa shape index (κ1) is 10.8. The van der Waals surface area contributed by atoms with Gasteiger partial charge in [-0.1, -0.05) is 24.3 Å². The molecule has 0 amide bonds. The smallest absolute Gasteiger partial charge is 0.128 e. The van der Waals surface area contributed by atoms with Crippen LogP contribution in [-0.4, -0.2) is 41.8 Å². The number of likely N-dealkylation sites (tertiary alicyclic amines) is 1. The summed E-state index contributed by atoms with van der Waals surface area (Å²) in [5.74, 6) is 0.709. The fraction of sp³-hybridized carbons (Fsp3) is 0.500. The minimum absolute atomic E-state index is 0.629. The van der Waals surface area contributed by atoms with Crippen LogP contribution in [0.5, 0.6) is 0 Å². The van der Waals surface area contributed by atoms with Crippen LogP contribution in [0.1, 0.15) is 24.0 Å². The van der Waals surface area contributed by atoms with Crippen molar-refractivity contribution in [3.8, 4) is 0 Å². The molecule has 1 N–H and O–H groups in total. The third kappa shape index (κ3) is 1.84. The average Bonchev–Trinajstić information content (AvgIpc) is 2.87. The summed E-state index contributed by atoms with van der Waals surface area (Å²) in [6.07, 6.45) is 2.58. The molecule has 2 heterocycles. The summed E-state index contributed by atoms with van der Waals surface area (Å²) < 4.78 is 0. The van der Waals surface area contributed by atoms with Gasteiger partial charge in [-0.05, 0) is 32.0 Å². The zero-order chi connectivity index (χ0) is 11.8. The zero-order valence-corrected chi connectivity index (χ0v) is 10.3. The lowest BCUT2D eigenvalue weighted by molar-refractivity contribution is 0.252. The Bertz CT molecular complexity index is 441. The highest BCUT2D eigenvalue weighted by atomic mass is 15.2. The first-order chi connectivity index (χ1) is 8.25. The number of hydrogen-bond donors (Lipinski definition) is 1. The number of rotatable bonds is 2. The van der Waals surface area contributed by atoms with E-state index in [1.807, 2.05) is 6.07 Å². The van der Waals surface area contributed by atoms with Crippen molar-refractivity contribution in [2.45, 2.75) is 25.4 Å². The first-order valence-corrected chi connectivity index (χ1v) is 6.38. The Labute approximate surface area is 103 Å². The molecule has 1 fully saturated rings. The summed E-state index contributed by atoms with van der Waals surface area (Å²) >= 11 is 0. The quantitative estimate of drug-likeness (QED) is 0.840. The Morgan fingerprint density at radius 3 is 2.88 bits per heavy atom. The van der Waals surface area contributed by atoms with Gasteiger partial charge in [0, 0.05) is 24.7 Å². The fourth-order valence-corrected chi connectivity index (χ4v) is 2.96. The minimum atomic E-state index is 0.629. The highest BCUT2D eigenvalue weighted by Gasteiger charge is 2.29. The average molecular weight is 229 g/mol. The highest BCUT2D eigenvalue weighted by Crippen LogP contribution is 2.24. The van der Waals surface area contributed by atoms with Crippen molar-refractivity contribution in [1.29, 1.82) is 5.41 Å². The topological polar surface area (TPSA) is 30.3 Å². The van der Waals surface area contributed by atoms with Crippen molar-refractivity contribution in [1.82, 2.24) is 9.80 Å². The van der Waals surface area contributed by atoms with E-state index < -0.39 is 0 Å². The molecule has 3 heteroatoms. The van der Waals surface area contributed by atoms with Gasteiger partial charge >= 0.3 is 0 Å². The Hall–Kier alpha value is -1.35. The second kappa shape index (κ2) is 4.15. The van der Waals surface area contributed by atoms with E-state index in [2.05, 4.69) is 35.0 Å². The molecule has 0 aromatic heterocycles. The van der Waals surface area contributed by atoms with E-state index in [9.17, 15) is 0 Å². The molecule has 1 unspecified atom stereocenters. The lowest BCUT2D eigenvalue weighted by Gasteiger charge is -2.26. The monoisotopic (exact) mass is 229 g/mol.